The fourth-order valence-corrected chi connectivity index (χ4v) is 2.60. The second-order valence-corrected chi connectivity index (χ2v) is 5.24. The van der Waals surface area contributed by atoms with E-state index in [1.54, 1.807) is 6.07 Å². The molecule has 0 unspecified atom stereocenters. The van der Waals surface area contributed by atoms with E-state index in [1.807, 2.05) is 18.2 Å². The molecular weight excluding hydrogens is 334 g/mol. The van der Waals surface area contributed by atoms with Crippen LogP contribution in [0.4, 0.5) is 8.78 Å². The highest BCUT2D eigenvalue weighted by Crippen LogP contribution is 2.26. The molecule has 2 nitrogen and oxygen atoms in total. The van der Waals surface area contributed by atoms with Crippen molar-refractivity contribution in [2.75, 3.05) is 0 Å². The number of para-hydroxylation sites is 2. The number of imidazole rings is 1. The molecule has 0 aliphatic carbocycles. The summed E-state index contributed by atoms with van der Waals surface area (Å²) >= 11 is 8.13. The summed E-state index contributed by atoms with van der Waals surface area (Å²) in [6, 6.07) is 9.49. The highest BCUT2D eigenvalue weighted by molar-refractivity contribution is 9.10. The minimum atomic E-state index is -0.547. The van der Waals surface area contributed by atoms with Gasteiger partial charge in [-0.25, -0.2) is 8.78 Å². The first kappa shape index (κ1) is 12.5. The van der Waals surface area contributed by atoms with Gasteiger partial charge in [0.25, 0.3) is 0 Å². The zero-order chi connectivity index (χ0) is 13.6. The lowest BCUT2D eigenvalue weighted by Gasteiger charge is -2.07. The highest BCUT2D eigenvalue weighted by Gasteiger charge is 2.13. The SMILES string of the molecule is Fc1cc(-n2c(=S)[nH]c3ccccc32)c(F)cc1Br. The van der Waals surface area contributed by atoms with Gasteiger partial charge < -0.3 is 4.98 Å². The summed E-state index contributed by atoms with van der Waals surface area (Å²) in [5.74, 6) is -1.09. The fraction of sp³-hybridized carbons (Fsp3) is 0. The molecule has 96 valence electrons. The Morgan fingerprint density at radius 1 is 1.11 bits per heavy atom. The van der Waals surface area contributed by atoms with E-state index in [0.29, 0.717) is 10.3 Å². The maximum atomic E-state index is 14.0. The summed E-state index contributed by atoms with van der Waals surface area (Å²) in [6.07, 6.45) is 0. The molecule has 1 aromatic heterocycles. The number of hydrogen-bond acceptors (Lipinski definition) is 1. The first-order valence-corrected chi connectivity index (χ1v) is 6.63. The van der Waals surface area contributed by atoms with Gasteiger partial charge in [0.2, 0.25) is 0 Å². The molecule has 6 heteroatoms. The third-order valence-corrected chi connectivity index (χ3v) is 3.71. The van der Waals surface area contributed by atoms with Crippen LogP contribution in [-0.2, 0) is 0 Å². The molecule has 3 rings (SSSR count). The Morgan fingerprint density at radius 3 is 2.63 bits per heavy atom. The van der Waals surface area contributed by atoms with Crippen LogP contribution in [0.25, 0.3) is 16.7 Å². The molecule has 19 heavy (non-hydrogen) atoms. The average Bonchev–Trinajstić information content (AvgIpc) is 2.70. The second-order valence-electron chi connectivity index (χ2n) is 4.00. The number of H-pyrrole nitrogens is 1. The molecule has 1 heterocycles. The van der Waals surface area contributed by atoms with Gasteiger partial charge >= 0.3 is 0 Å². The summed E-state index contributed by atoms with van der Waals surface area (Å²) in [5, 5.41) is 0. The van der Waals surface area contributed by atoms with Gasteiger partial charge in [-0.2, -0.15) is 0 Å². The number of hydrogen-bond donors (Lipinski definition) is 1. The third-order valence-electron chi connectivity index (χ3n) is 2.82. The van der Waals surface area contributed by atoms with E-state index < -0.39 is 11.6 Å². The van der Waals surface area contributed by atoms with E-state index in [2.05, 4.69) is 20.9 Å². The summed E-state index contributed by atoms with van der Waals surface area (Å²) in [4.78, 5) is 2.96. The predicted octanol–water partition coefficient (Wildman–Crippen LogP) is 4.73. The smallest absolute Gasteiger partial charge is 0.182 e. The Labute approximate surface area is 120 Å². The van der Waals surface area contributed by atoms with E-state index >= 15 is 0 Å². The van der Waals surface area contributed by atoms with Crippen LogP contribution in [0.3, 0.4) is 0 Å². The molecule has 3 aromatic rings. The van der Waals surface area contributed by atoms with Crippen molar-refractivity contribution < 1.29 is 8.78 Å². The van der Waals surface area contributed by atoms with E-state index in [0.717, 1.165) is 17.6 Å². The average molecular weight is 341 g/mol. The molecule has 0 amide bonds. The highest BCUT2D eigenvalue weighted by atomic mass is 79.9. The summed E-state index contributed by atoms with van der Waals surface area (Å²) in [6.45, 7) is 0. The first-order chi connectivity index (χ1) is 9.08. The largest absolute Gasteiger partial charge is 0.330 e. The van der Waals surface area contributed by atoms with Gasteiger partial charge in [-0.05, 0) is 46.3 Å². The number of fused-ring (bicyclic) bond motifs is 1. The Balaban J connectivity index is 2.40. The molecule has 0 radical (unpaired) electrons. The zero-order valence-electron chi connectivity index (χ0n) is 9.45. The van der Waals surface area contributed by atoms with E-state index in [4.69, 9.17) is 12.2 Å². The molecule has 0 fully saturated rings. The van der Waals surface area contributed by atoms with Crippen LogP contribution >= 0.6 is 28.1 Å². The van der Waals surface area contributed by atoms with Gasteiger partial charge in [0, 0.05) is 6.07 Å². The van der Waals surface area contributed by atoms with Crippen LogP contribution in [0.1, 0.15) is 0 Å². The molecule has 2 aromatic carbocycles. The van der Waals surface area contributed by atoms with Crippen LogP contribution in [-0.4, -0.2) is 9.55 Å². The number of halogens is 3. The molecule has 0 saturated carbocycles. The molecular formula is C13H7BrF2N2S. The second kappa shape index (κ2) is 4.54. The Kier molecular flexibility index (Phi) is 2.99. The predicted molar refractivity (Wildman–Crippen MR) is 76.1 cm³/mol. The summed E-state index contributed by atoms with van der Waals surface area (Å²) < 4.78 is 29.5. The topological polar surface area (TPSA) is 20.7 Å². The van der Waals surface area contributed by atoms with Gasteiger partial charge in [0.05, 0.1) is 21.2 Å². The van der Waals surface area contributed by atoms with Crippen molar-refractivity contribution in [3.63, 3.8) is 0 Å². The normalized spacial score (nSPS) is 11.1. The maximum absolute atomic E-state index is 14.0. The number of rotatable bonds is 1. The van der Waals surface area contributed by atoms with Crippen LogP contribution in [0.2, 0.25) is 0 Å². The molecule has 0 bridgehead atoms. The van der Waals surface area contributed by atoms with E-state index in [1.165, 1.54) is 4.57 Å². The number of nitrogens with zero attached hydrogens (tertiary/aromatic N) is 1. The quantitative estimate of drug-likeness (QED) is 0.501. The molecule has 0 saturated heterocycles. The van der Waals surface area contributed by atoms with Gasteiger partial charge in [0.1, 0.15) is 11.6 Å². The third kappa shape index (κ3) is 2.01. The van der Waals surface area contributed by atoms with Gasteiger partial charge in [-0.15, -0.1) is 0 Å². The van der Waals surface area contributed by atoms with Crippen LogP contribution in [0.15, 0.2) is 40.9 Å². The minimum Gasteiger partial charge on any atom is -0.330 e. The lowest BCUT2D eigenvalue weighted by atomic mass is 10.2. The number of benzene rings is 2. The Hall–Kier alpha value is -1.53. The van der Waals surface area contributed by atoms with Crippen molar-refractivity contribution in [3.8, 4) is 5.69 Å². The van der Waals surface area contributed by atoms with Crippen molar-refractivity contribution in [1.29, 1.82) is 0 Å². The lowest BCUT2D eigenvalue weighted by molar-refractivity contribution is 0.588. The Morgan fingerprint density at radius 2 is 1.84 bits per heavy atom. The monoisotopic (exact) mass is 340 g/mol. The fourth-order valence-electron chi connectivity index (χ4n) is 1.98. The van der Waals surface area contributed by atoms with Crippen molar-refractivity contribution in [2.24, 2.45) is 0 Å². The Bertz CT molecular complexity index is 838. The summed E-state index contributed by atoms with van der Waals surface area (Å²) in [7, 11) is 0. The maximum Gasteiger partial charge on any atom is 0.182 e. The molecule has 1 N–H and O–H groups in total. The molecule has 0 aliphatic heterocycles. The van der Waals surface area contributed by atoms with E-state index in [9.17, 15) is 8.78 Å². The molecule has 0 aliphatic rings. The van der Waals surface area contributed by atoms with Crippen LogP contribution < -0.4 is 0 Å². The summed E-state index contributed by atoms with van der Waals surface area (Å²) in [5.41, 5.74) is 1.56. The van der Waals surface area contributed by atoms with Gasteiger partial charge in [0.15, 0.2) is 4.77 Å². The van der Waals surface area contributed by atoms with Gasteiger partial charge in [-0.1, -0.05) is 12.1 Å². The first-order valence-electron chi connectivity index (χ1n) is 5.42. The molecule has 0 spiro atoms. The van der Waals surface area contributed by atoms with Crippen LogP contribution in [0.5, 0.6) is 0 Å². The van der Waals surface area contributed by atoms with E-state index in [-0.39, 0.29) is 10.2 Å². The number of aromatic nitrogens is 2. The zero-order valence-corrected chi connectivity index (χ0v) is 11.9. The van der Waals surface area contributed by atoms with Crippen molar-refractivity contribution in [2.45, 2.75) is 0 Å². The minimum absolute atomic E-state index is 0.0834. The van der Waals surface area contributed by atoms with Gasteiger partial charge in [-0.3, -0.25) is 4.57 Å². The lowest BCUT2D eigenvalue weighted by Crippen LogP contribution is -1.99. The van der Waals surface area contributed by atoms with Crippen molar-refractivity contribution in [3.05, 3.63) is 57.3 Å². The van der Waals surface area contributed by atoms with Crippen molar-refractivity contribution >= 4 is 39.2 Å². The number of aromatic amines is 1. The van der Waals surface area contributed by atoms with Crippen LogP contribution in [0, 0.1) is 16.4 Å². The number of nitrogens with one attached hydrogen (secondary N) is 1. The molecule has 0 atom stereocenters. The standard InChI is InChI=1S/C13H7BrF2N2S/c14-7-5-9(16)12(6-8(7)15)18-11-4-2-1-3-10(11)17-13(18)19/h1-6H,(H,17,19). The van der Waals surface area contributed by atoms with Crippen molar-refractivity contribution in [1.82, 2.24) is 9.55 Å².